The highest BCUT2D eigenvalue weighted by Crippen LogP contribution is 2.29. The van der Waals surface area contributed by atoms with Gasteiger partial charge in [-0.1, -0.05) is 13.8 Å². The lowest BCUT2D eigenvalue weighted by Gasteiger charge is -2.19. The van der Waals surface area contributed by atoms with Gasteiger partial charge in [0.1, 0.15) is 11.5 Å². The second-order valence-electron chi connectivity index (χ2n) is 6.81. The van der Waals surface area contributed by atoms with Crippen LogP contribution in [-0.4, -0.2) is 24.3 Å². The van der Waals surface area contributed by atoms with Crippen molar-refractivity contribution in [3.05, 3.63) is 53.6 Å². The Kier molecular flexibility index (Phi) is 7.70. The summed E-state index contributed by atoms with van der Waals surface area (Å²) in [5.41, 5.74) is 1.65. The lowest BCUT2D eigenvalue weighted by atomic mass is 10.1. The molecule has 0 aromatic heterocycles. The molecule has 0 aliphatic heterocycles. The molecule has 0 bridgehead atoms. The van der Waals surface area contributed by atoms with Crippen molar-refractivity contribution in [3.8, 4) is 17.6 Å². The molecule has 0 heterocycles. The predicted molar refractivity (Wildman–Crippen MR) is 108 cm³/mol. The van der Waals surface area contributed by atoms with Gasteiger partial charge in [-0.15, -0.1) is 0 Å². The summed E-state index contributed by atoms with van der Waals surface area (Å²) in [6.07, 6.45) is 0.903. The van der Waals surface area contributed by atoms with Crippen LogP contribution in [0.5, 0.6) is 11.5 Å². The number of carboxylic acids is 1. The molecule has 2 N–H and O–H groups in total. The number of nitrogens with zero attached hydrogens (tertiary/aromatic N) is 1. The van der Waals surface area contributed by atoms with Crippen LogP contribution in [-0.2, 0) is 4.79 Å². The van der Waals surface area contributed by atoms with Crippen molar-refractivity contribution in [2.75, 3.05) is 18.5 Å². The minimum absolute atomic E-state index is 0.468. The third-order valence-corrected chi connectivity index (χ3v) is 4.08. The van der Waals surface area contributed by atoms with Gasteiger partial charge < -0.3 is 19.9 Å². The van der Waals surface area contributed by atoms with Crippen LogP contribution < -0.4 is 14.8 Å². The fourth-order valence-corrected chi connectivity index (χ4v) is 2.60. The number of aliphatic carboxylic acids is 1. The van der Waals surface area contributed by atoms with E-state index in [1.807, 2.05) is 13.0 Å². The normalized spacial score (nSPS) is 11.5. The summed E-state index contributed by atoms with van der Waals surface area (Å²) in [4.78, 5) is 11.9. The Morgan fingerprint density at radius 1 is 1.14 bits per heavy atom. The molecule has 2 aromatic rings. The van der Waals surface area contributed by atoms with Crippen LogP contribution in [0.4, 0.5) is 5.69 Å². The number of nitriles is 1. The zero-order valence-corrected chi connectivity index (χ0v) is 16.4. The van der Waals surface area contributed by atoms with Crippen molar-refractivity contribution in [1.29, 1.82) is 5.26 Å². The topological polar surface area (TPSA) is 91.6 Å². The van der Waals surface area contributed by atoms with E-state index in [0.29, 0.717) is 47.4 Å². The molecule has 6 nitrogen and oxygen atoms in total. The van der Waals surface area contributed by atoms with Crippen LogP contribution in [0.15, 0.2) is 42.5 Å². The number of rotatable bonds is 10. The van der Waals surface area contributed by atoms with E-state index in [9.17, 15) is 9.90 Å². The number of ether oxygens (including phenoxy) is 2. The Morgan fingerprint density at radius 2 is 1.79 bits per heavy atom. The summed E-state index contributed by atoms with van der Waals surface area (Å²) in [5.74, 6) is 0.632. The van der Waals surface area contributed by atoms with Gasteiger partial charge in [0.05, 0.1) is 24.8 Å². The molecule has 0 saturated heterocycles. The second kappa shape index (κ2) is 10.2. The molecule has 6 heteroatoms. The summed E-state index contributed by atoms with van der Waals surface area (Å²) >= 11 is 0. The van der Waals surface area contributed by atoms with E-state index in [4.69, 9.17) is 14.7 Å². The smallest absolute Gasteiger partial charge is 0.330 e. The van der Waals surface area contributed by atoms with Crippen molar-refractivity contribution in [1.82, 2.24) is 0 Å². The number of anilines is 1. The summed E-state index contributed by atoms with van der Waals surface area (Å²) in [6, 6.07) is 12.9. The predicted octanol–water partition coefficient (Wildman–Crippen LogP) is 4.62. The summed E-state index contributed by atoms with van der Waals surface area (Å²) in [5, 5.41) is 21.7. The van der Waals surface area contributed by atoms with Crippen LogP contribution in [0.25, 0.3) is 0 Å². The fourth-order valence-electron chi connectivity index (χ4n) is 2.60. The lowest BCUT2D eigenvalue weighted by Crippen LogP contribution is -2.20. The zero-order valence-electron chi connectivity index (χ0n) is 16.4. The summed E-state index contributed by atoms with van der Waals surface area (Å²) in [6.45, 7) is 7.12. The van der Waals surface area contributed by atoms with E-state index in [1.165, 1.54) is 0 Å². The maximum absolute atomic E-state index is 11.9. The number of nitrogens with one attached hydrogen (secondary N) is 1. The van der Waals surface area contributed by atoms with Crippen molar-refractivity contribution in [3.63, 3.8) is 0 Å². The molecule has 0 radical (unpaired) electrons. The Balaban J connectivity index is 2.28. The first-order valence-electron chi connectivity index (χ1n) is 9.33. The van der Waals surface area contributed by atoms with Crippen LogP contribution in [0.2, 0.25) is 0 Å². The van der Waals surface area contributed by atoms with Gasteiger partial charge in [0.25, 0.3) is 0 Å². The van der Waals surface area contributed by atoms with E-state index >= 15 is 0 Å². The number of carbonyl (C=O) groups is 1. The first kappa shape index (κ1) is 21.1. The van der Waals surface area contributed by atoms with E-state index in [0.717, 1.165) is 6.42 Å². The quantitative estimate of drug-likeness (QED) is 0.623. The standard InChI is InChI=1S/C22H26N2O4/c1-4-27-19-11-17(12-20(13-19)28-10-9-15(2)3)21(22(25)26)24-18-7-5-16(14-23)6-8-18/h5-8,11-13,15,21,24H,4,9-10H2,1-3H3,(H,25,26). The molecule has 0 fully saturated rings. The molecule has 1 atom stereocenters. The van der Waals surface area contributed by atoms with Gasteiger partial charge in [-0.3, -0.25) is 0 Å². The van der Waals surface area contributed by atoms with Crippen molar-refractivity contribution in [2.24, 2.45) is 5.92 Å². The van der Waals surface area contributed by atoms with Gasteiger partial charge in [0.15, 0.2) is 6.04 Å². The molecule has 2 aromatic carbocycles. The second-order valence-corrected chi connectivity index (χ2v) is 6.81. The van der Waals surface area contributed by atoms with Gasteiger partial charge in [-0.05, 0) is 61.2 Å². The highest BCUT2D eigenvalue weighted by molar-refractivity contribution is 5.79. The zero-order chi connectivity index (χ0) is 20.5. The molecule has 0 amide bonds. The number of carboxylic acid groups (broad SMARTS) is 1. The van der Waals surface area contributed by atoms with Gasteiger partial charge >= 0.3 is 5.97 Å². The highest BCUT2D eigenvalue weighted by atomic mass is 16.5. The van der Waals surface area contributed by atoms with Crippen molar-refractivity contribution >= 4 is 11.7 Å². The minimum atomic E-state index is -1.02. The fraction of sp³-hybridized carbons (Fsp3) is 0.364. The SMILES string of the molecule is CCOc1cc(OCCC(C)C)cc(C(Nc2ccc(C#N)cc2)C(=O)O)c1. The average molecular weight is 382 g/mol. The van der Waals surface area contributed by atoms with E-state index < -0.39 is 12.0 Å². The lowest BCUT2D eigenvalue weighted by molar-refractivity contribution is -0.138. The number of hydrogen-bond donors (Lipinski definition) is 2. The van der Waals surface area contributed by atoms with E-state index in [-0.39, 0.29) is 0 Å². The Bertz CT molecular complexity index is 825. The van der Waals surface area contributed by atoms with Gasteiger partial charge in [0, 0.05) is 11.8 Å². The minimum Gasteiger partial charge on any atom is -0.494 e. The largest absolute Gasteiger partial charge is 0.494 e. The molecule has 1 unspecified atom stereocenters. The third-order valence-electron chi connectivity index (χ3n) is 4.08. The third kappa shape index (κ3) is 6.20. The molecule has 2 rings (SSSR count). The molecule has 0 aliphatic rings. The summed E-state index contributed by atoms with van der Waals surface area (Å²) < 4.78 is 11.4. The maximum atomic E-state index is 11.9. The van der Waals surface area contributed by atoms with Crippen LogP contribution in [0, 0.1) is 17.2 Å². The Hall–Kier alpha value is -3.20. The molecule has 148 valence electrons. The number of hydrogen-bond acceptors (Lipinski definition) is 5. The van der Waals surface area contributed by atoms with Gasteiger partial charge in [-0.25, -0.2) is 4.79 Å². The van der Waals surface area contributed by atoms with Crippen molar-refractivity contribution < 1.29 is 19.4 Å². The number of benzene rings is 2. The molecule has 0 aliphatic carbocycles. The van der Waals surface area contributed by atoms with E-state index in [1.54, 1.807) is 42.5 Å². The highest BCUT2D eigenvalue weighted by Gasteiger charge is 2.21. The Labute approximate surface area is 165 Å². The van der Waals surface area contributed by atoms with Crippen LogP contribution in [0.1, 0.15) is 44.4 Å². The molecular weight excluding hydrogens is 356 g/mol. The van der Waals surface area contributed by atoms with Crippen LogP contribution in [0.3, 0.4) is 0 Å². The van der Waals surface area contributed by atoms with E-state index in [2.05, 4.69) is 19.2 Å². The van der Waals surface area contributed by atoms with Gasteiger partial charge in [0.2, 0.25) is 0 Å². The molecule has 0 saturated carbocycles. The average Bonchev–Trinajstić information content (AvgIpc) is 2.66. The molecule has 28 heavy (non-hydrogen) atoms. The first-order chi connectivity index (χ1) is 13.4. The Morgan fingerprint density at radius 3 is 2.32 bits per heavy atom. The maximum Gasteiger partial charge on any atom is 0.330 e. The van der Waals surface area contributed by atoms with Crippen molar-refractivity contribution in [2.45, 2.75) is 33.2 Å². The monoisotopic (exact) mass is 382 g/mol. The molecular formula is C22H26N2O4. The summed E-state index contributed by atoms with van der Waals surface area (Å²) in [7, 11) is 0. The van der Waals surface area contributed by atoms with Crippen LogP contribution >= 0.6 is 0 Å². The molecule has 0 spiro atoms. The van der Waals surface area contributed by atoms with Gasteiger partial charge in [-0.2, -0.15) is 5.26 Å². The first-order valence-corrected chi connectivity index (χ1v) is 9.33.